The second kappa shape index (κ2) is 8.76. The van der Waals surface area contributed by atoms with E-state index in [0.29, 0.717) is 12.2 Å². The Bertz CT molecular complexity index is 1010. The highest BCUT2D eigenvalue weighted by Gasteiger charge is 2.19. The lowest BCUT2D eigenvalue weighted by Gasteiger charge is -2.17. The van der Waals surface area contributed by atoms with Crippen molar-refractivity contribution in [2.45, 2.75) is 17.4 Å². The van der Waals surface area contributed by atoms with Gasteiger partial charge in [-0.25, -0.2) is 4.98 Å². The number of para-hydroxylation sites is 2. The number of carbonyl (C=O) groups is 1. The van der Waals surface area contributed by atoms with Crippen LogP contribution in [0.2, 0.25) is 0 Å². The van der Waals surface area contributed by atoms with Crippen LogP contribution in [0.4, 0.5) is 0 Å². The normalized spacial score (nSPS) is 12.0. The topological polar surface area (TPSA) is 57.8 Å². The number of H-pyrrole nitrogens is 1. The zero-order valence-corrected chi connectivity index (χ0v) is 16.2. The molecule has 0 spiro atoms. The molecule has 0 radical (unpaired) electrons. The van der Waals surface area contributed by atoms with E-state index in [-0.39, 0.29) is 11.9 Å². The lowest BCUT2D eigenvalue weighted by atomic mass is 10.1. The van der Waals surface area contributed by atoms with Crippen molar-refractivity contribution in [1.82, 2.24) is 15.3 Å². The molecular weight excluding hydrogens is 366 g/mol. The second-order valence-corrected chi connectivity index (χ2v) is 7.60. The van der Waals surface area contributed by atoms with Gasteiger partial charge in [-0.2, -0.15) is 0 Å². The van der Waals surface area contributed by atoms with Crippen LogP contribution in [0.15, 0.2) is 89.8 Å². The Balaban J connectivity index is 1.51. The van der Waals surface area contributed by atoms with Crippen molar-refractivity contribution in [3.8, 4) is 0 Å². The number of amides is 1. The van der Waals surface area contributed by atoms with Crippen LogP contribution in [0.3, 0.4) is 0 Å². The molecule has 4 nitrogen and oxygen atoms in total. The van der Waals surface area contributed by atoms with Gasteiger partial charge in [0.25, 0.3) is 0 Å². The molecule has 0 aliphatic carbocycles. The highest BCUT2D eigenvalue weighted by Crippen LogP contribution is 2.21. The molecule has 5 heteroatoms. The molecule has 0 bridgehead atoms. The van der Waals surface area contributed by atoms with E-state index in [1.807, 2.05) is 72.8 Å². The number of imidazole rings is 1. The van der Waals surface area contributed by atoms with Crippen LogP contribution < -0.4 is 5.32 Å². The molecule has 140 valence electrons. The predicted molar refractivity (Wildman–Crippen MR) is 114 cm³/mol. The summed E-state index contributed by atoms with van der Waals surface area (Å²) in [5.41, 5.74) is 3.04. The first kappa shape index (κ1) is 18.3. The van der Waals surface area contributed by atoms with Crippen molar-refractivity contribution in [3.05, 3.63) is 96.3 Å². The molecule has 28 heavy (non-hydrogen) atoms. The van der Waals surface area contributed by atoms with Gasteiger partial charge in [-0.15, -0.1) is 11.8 Å². The molecule has 4 aromatic rings. The molecule has 4 rings (SSSR count). The summed E-state index contributed by atoms with van der Waals surface area (Å²) in [5.74, 6) is 1.15. The summed E-state index contributed by atoms with van der Waals surface area (Å²) >= 11 is 1.53. The van der Waals surface area contributed by atoms with E-state index in [1.54, 1.807) is 0 Å². The van der Waals surface area contributed by atoms with Crippen LogP contribution in [-0.2, 0) is 11.2 Å². The Hall–Kier alpha value is -3.05. The van der Waals surface area contributed by atoms with E-state index in [2.05, 4.69) is 22.4 Å². The number of carbonyl (C=O) groups excluding carboxylic acids is 1. The van der Waals surface area contributed by atoms with E-state index in [4.69, 9.17) is 4.98 Å². The van der Waals surface area contributed by atoms with Crippen LogP contribution >= 0.6 is 11.8 Å². The first-order chi connectivity index (χ1) is 13.8. The lowest BCUT2D eigenvalue weighted by Crippen LogP contribution is -2.32. The smallest absolute Gasteiger partial charge is 0.230 e. The molecule has 2 N–H and O–H groups in total. The highest BCUT2D eigenvalue weighted by molar-refractivity contribution is 8.00. The first-order valence-corrected chi connectivity index (χ1v) is 10.2. The van der Waals surface area contributed by atoms with Crippen LogP contribution in [0.5, 0.6) is 0 Å². The number of aromatic nitrogens is 2. The van der Waals surface area contributed by atoms with Crippen molar-refractivity contribution >= 4 is 28.7 Å². The number of rotatable bonds is 7. The van der Waals surface area contributed by atoms with Crippen molar-refractivity contribution in [3.63, 3.8) is 0 Å². The van der Waals surface area contributed by atoms with Gasteiger partial charge in [-0.3, -0.25) is 4.79 Å². The minimum Gasteiger partial charge on any atom is -0.345 e. The molecule has 1 heterocycles. The standard InChI is InChI=1S/C23H21N3OS/c27-22(16-28-18-11-5-2-6-12-18)24-21(15-17-9-3-1-4-10-17)23-25-19-13-7-8-14-20(19)26-23/h1-14,21H,15-16H2,(H,24,27)(H,25,26). The zero-order chi connectivity index (χ0) is 19.2. The number of nitrogens with zero attached hydrogens (tertiary/aromatic N) is 1. The van der Waals surface area contributed by atoms with E-state index in [1.165, 1.54) is 11.8 Å². The minimum atomic E-state index is -0.210. The Morgan fingerprint density at radius 3 is 2.36 bits per heavy atom. The van der Waals surface area contributed by atoms with Crippen LogP contribution in [0.25, 0.3) is 11.0 Å². The average Bonchev–Trinajstić information content (AvgIpc) is 3.18. The van der Waals surface area contributed by atoms with Gasteiger partial charge in [0.05, 0.1) is 22.8 Å². The predicted octanol–water partition coefficient (Wildman–Crippen LogP) is 4.76. The van der Waals surface area contributed by atoms with E-state index < -0.39 is 0 Å². The molecule has 3 aromatic carbocycles. The number of fused-ring (bicyclic) bond motifs is 1. The van der Waals surface area contributed by atoms with Gasteiger partial charge >= 0.3 is 0 Å². The largest absolute Gasteiger partial charge is 0.345 e. The molecule has 1 atom stereocenters. The number of benzene rings is 3. The van der Waals surface area contributed by atoms with Crippen molar-refractivity contribution < 1.29 is 4.79 Å². The first-order valence-electron chi connectivity index (χ1n) is 9.24. The molecule has 0 aliphatic heterocycles. The van der Waals surface area contributed by atoms with Gasteiger partial charge in [0.1, 0.15) is 5.82 Å². The number of hydrogen-bond donors (Lipinski definition) is 2. The Morgan fingerprint density at radius 2 is 1.61 bits per heavy atom. The fourth-order valence-electron chi connectivity index (χ4n) is 3.11. The maximum absolute atomic E-state index is 12.6. The quantitative estimate of drug-likeness (QED) is 0.450. The summed E-state index contributed by atoms with van der Waals surface area (Å²) in [6, 6.07) is 27.8. The van der Waals surface area contributed by atoms with Crippen LogP contribution in [0.1, 0.15) is 17.4 Å². The summed E-state index contributed by atoms with van der Waals surface area (Å²) in [7, 11) is 0. The Labute approximate surface area is 168 Å². The summed E-state index contributed by atoms with van der Waals surface area (Å²) in [5, 5.41) is 3.16. The van der Waals surface area contributed by atoms with E-state index in [9.17, 15) is 4.79 Å². The Morgan fingerprint density at radius 1 is 0.929 bits per heavy atom. The third-order valence-electron chi connectivity index (χ3n) is 4.47. The van der Waals surface area contributed by atoms with Gasteiger partial charge in [-0.1, -0.05) is 60.7 Å². The van der Waals surface area contributed by atoms with Crippen LogP contribution in [-0.4, -0.2) is 21.6 Å². The second-order valence-electron chi connectivity index (χ2n) is 6.55. The van der Waals surface area contributed by atoms with Crippen molar-refractivity contribution in [1.29, 1.82) is 0 Å². The number of hydrogen-bond acceptors (Lipinski definition) is 3. The number of aromatic amines is 1. The molecule has 1 aromatic heterocycles. The monoisotopic (exact) mass is 387 g/mol. The van der Waals surface area contributed by atoms with Gasteiger partial charge < -0.3 is 10.3 Å². The van der Waals surface area contributed by atoms with Crippen molar-refractivity contribution in [2.24, 2.45) is 0 Å². The third kappa shape index (κ3) is 4.61. The zero-order valence-electron chi connectivity index (χ0n) is 15.3. The highest BCUT2D eigenvalue weighted by atomic mass is 32.2. The number of thioether (sulfide) groups is 1. The van der Waals surface area contributed by atoms with Crippen molar-refractivity contribution in [2.75, 3.05) is 5.75 Å². The summed E-state index contributed by atoms with van der Waals surface area (Å²) in [4.78, 5) is 21.8. The summed E-state index contributed by atoms with van der Waals surface area (Å²) in [6.07, 6.45) is 0.683. The molecule has 0 saturated heterocycles. The van der Waals surface area contributed by atoms with E-state index >= 15 is 0 Å². The van der Waals surface area contributed by atoms with E-state index in [0.717, 1.165) is 27.3 Å². The number of nitrogens with one attached hydrogen (secondary N) is 2. The molecule has 0 aliphatic rings. The van der Waals surface area contributed by atoms with Gasteiger partial charge in [0, 0.05) is 4.90 Å². The summed E-state index contributed by atoms with van der Waals surface area (Å²) in [6.45, 7) is 0. The Kier molecular flexibility index (Phi) is 5.73. The fourth-order valence-corrected chi connectivity index (χ4v) is 3.84. The third-order valence-corrected chi connectivity index (χ3v) is 5.48. The van der Waals surface area contributed by atoms with Gasteiger partial charge in [-0.05, 0) is 36.2 Å². The average molecular weight is 388 g/mol. The maximum atomic E-state index is 12.6. The molecule has 1 unspecified atom stereocenters. The van der Waals surface area contributed by atoms with Gasteiger partial charge in [0.2, 0.25) is 5.91 Å². The molecule has 0 saturated carbocycles. The van der Waals surface area contributed by atoms with Gasteiger partial charge in [0.15, 0.2) is 0 Å². The fraction of sp³-hybridized carbons (Fsp3) is 0.130. The molecular formula is C23H21N3OS. The molecule has 0 fully saturated rings. The lowest BCUT2D eigenvalue weighted by molar-refractivity contribution is -0.119. The van der Waals surface area contributed by atoms with Crippen LogP contribution in [0, 0.1) is 0 Å². The summed E-state index contributed by atoms with van der Waals surface area (Å²) < 4.78 is 0. The minimum absolute atomic E-state index is 0.00441. The SMILES string of the molecule is O=C(CSc1ccccc1)NC(Cc1ccccc1)c1nc2ccccc2[nH]1. The molecule has 1 amide bonds. The maximum Gasteiger partial charge on any atom is 0.230 e.